The van der Waals surface area contributed by atoms with Crippen molar-refractivity contribution < 1.29 is 13.2 Å². The van der Waals surface area contributed by atoms with Gasteiger partial charge in [0.15, 0.2) is 0 Å². The predicted octanol–water partition coefficient (Wildman–Crippen LogP) is 4.65. The number of benzene rings is 3. The molecule has 9 heteroatoms. The number of hydrogen-bond donors (Lipinski definition) is 1. The second kappa shape index (κ2) is 9.96. The molecular formula is C22H19Cl2N3O3S. The molecule has 0 unspecified atom stereocenters. The number of carbonyl (C=O) groups excluding carboxylic acids is 1. The number of anilines is 1. The van der Waals surface area contributed by atoms with Crippen LogP contribution in [-0.4, -0.2) is 27.1 Å². The van der Waals surface area contributed by atoms with E-state index in [0.717, 1.165) is 9.87 Å². The van der Waals surface area contributed by atoms with Crippen molar-refractivity contribution in [2.75, 3.05) is 10.8 Å². The quantitative estimate of drug-likeness (QED) is 0.399. The summed E-state index contributed by atoms with van der Waals surface area (Å²) in [6.45, 7) is 1.37. The Hall–Kier alpha value is -2.87. The Balaban J connectivity index is 1.86. The zero-order valence-corrected chi connectivity index (χ0v) is 18.8. The fraction of sp³-hybridized carbons (Fsp3) is 0.0909. The Morgan fingerprint density at radius 1 is 1.03 bits per heavy atom. The van der Waals surface area contributed by atoms with Gasteiger partial charge in [-0.25, -0.2) is 13.8 Å². The van der Waals surface area contributed by atoms with Crippen LogP contribution in [0.3, 0.4) is 0 Å². The van der Waals surface area contributed by atoms with Crippen molar-refractivity contribution in [1.29, 1.82) is 0 Å². The fourth-order valence-corrected chi connectivity index (χ4v) is 4.49. The van der Waals surface area contributed by atoms with Gasteiger partial charge in [0.05, 0.1) is 16.8 Å². The number of amides is 1. The number of carbonyl (C=O) groups is 1. The summed E-state index contributed by atoms with van der Waals surface area (Å²) in [7, 11) is -4.03. The van der Waals surface area contributed by atoms with E-state index < -0.39 is 22.5 Å². The van der Waals surface area contributed by atoms with Crippen LogP contribution in [0, 0.1) is 6.92 Å². The molecule has 3 aromatic rings. The third kappa shape index (κ3) is 5.85. The number of nitrogens with one attached hydrogen (secondary N) is 1. The van der Waals surface area contributed by atoms with Crippen molar-refractivity contribution in [3.8, 4) is 0 Å². The molecule has 1 amide bonds. The summed E-state index contributed by atoms with van der Waals surface area (Å²) in [5.41, 5.74) is 4.13. The van der Waals surface area contributed by atoms with Gasteiger partial charge in [-0.3, -0.25) is 9.10 Å². The average molecular weight is 476 g/mol. The molecule has 0 aliphatic carbocycles. The maximum absolute atomic E-state index is 13.3. The average Bonchev–Trinajstić information content (AvgIpc) is 2.73. The minimum Gasteiger partial charge on any atom is -0.271 e. The topological polar surface area (TPSA) is 78.8 Å². The molecule has 31 heavy (non-hydrogen) atoms. The van der Waals surface area contributed by atoms with Crippen LogP contribution in [0.5, 0.6) is 0 Å². The van der Waals surface area contributed by atoms with Crippen molar-refractivity contribution in [2.24, 2.45) is 5.10 Å². The summed E-state index contributed by atoms with van der Waals surface area (Å²) in [6.07, 6.45) is 1.39. The van der Waals surface area contributed by atoms with Gasteiger partial charge in [-0.1, -0.05) is 65.2 Å². The van der Waals surface area contributed by atoms with Crippen molar-refractivity contribution in [3.05, 3.63) is 94.0 Å². The number of aryl methyl sites for hydroxylation is 1. The smallest absolute Gasteiger partial charge is 0.264 e. The Morgan fingerprint density at radius 3 is 2.42 bits per heavy atom. The third-order valence-corrected chi connectivity index (χ3v) is 6.66. The Morgan fingerprint density at radius 2 is 1.74 bits per heavy atom. The SMILES string of the molecule is Cc1ccc(S(=O)(=O)N(CC(=O)N/N=C\c2ccccc2Cl)c2cccc(Cl)c2)cc1. The fourth-order valence-electron chi connectivity index (χ4n) is 2.70. The first-order valence-corrected chi connectivity index (χ1v) is 11.4. The van der Waals surface area contributed by atoms with Gasteiger partial charge in [-0.2, -0.15) is 5.10 Å². The van der Waals surface area contributed by atoms with Crippen LogP contribution < -0.4 is 9.73 Å². The molecule has 0 bridgehead atoms. The van der Waals surface area contributed by atoms with Crippen LogP contribution >= 0.6 is 23.2 Å². The molecule has 0 fully saturated rings. The van der Waals surface area contributed by atoms with Crippen molar-refractivity contribution >= 4 is 51.0 Å². The minimum atomic E-state index is -4.03. The Labute approximate surface area is 191 Å². The van der Waals surface area contributed by atoms with Crippen LogP contribution in [0.15, 0.2) is 82.8 Å². The van der Waals surface area contributed by atoms with E-state index in [0.29, 0.717) is 15.6 Å². The first kappa shape index (κ1) is 22.8. The molecule has 0 heterocycles. The van der Waals surface area contributed by atoms with Gasteiger partial charge in [-0.05, 0) is 43.3 Å². The van der Waals surface area contributed by atoms with Crippen LogP contribution in [0.1, 0.15) is 11.1 Å². The molecule has 0 saturated carbocycles. The van der Waals surface area contributed by atoms with Gasteiger partial charge in [0.2, 0.25) is 0 Å². The van der Waals surface area contributed by atoms with Gasteiger partial charge in [0.25, 0.3) is 15.9 Å². The third-order valence-electron chi connectivity index (χ3n) is 4.29. The zero-order chi connectivity index (χ0) is 22.4. The Bertz CT molecular complexity index is 1210. The van der Waals surface area contributed by atoms with Crippen LogP contribution in [0.25, 0.3) is 0 Å². The maximum Gasteiger partial charge on any atom is 0.264 e. The monoisotopic (exact) mass is 475 g/mol. The number of hydrogen-bond acceptors (Lipinski definition) is 4. The van der Waals surface area contributed by atoms with Gasteiger partial charge in [-0.15, -0.1) is 0 Å². The van der Waals surface area contributed by atoms with Crippen molar-refractivity contribution in [2.45, 2.75) is 11.8 Å². The summed E-state index contributed by atoms with van der Waals surface area (Å²) in [5.74, 6) is -0.626. The van der Waals surface area contributed by atoms with Gasteiger partial charge in [0.1, 0.15) is 6.54 Å². The van der Waals surface area contributed by atoms with E-state index in [1.807, 2.05) is 6.92 Å². The minimum absolute atomic E-state index is 0.0606. The lowest BCUT2D eigenvalue weighted by molar-refractivity contribution is -0.119. The van der Waals surface area contributed by atoms with Gasteiger partial charge in [0, 0.05) is 15.6 Å². The molecule has 0 atom stereocenters. The highest BCUT2D eigenvalue weighted by atomic mass is 35.5. The molecule has 0 radical (unpaired) electrons. The van der Waals surface area contributed by atoms with Crippen molar-refractivity contribution in [1.82, 2.24) is 5.43 Å². The zero-order valence-electron chi connectivity index (χ0n) is 16.5. The highest BCUT2D eigenvalue weighted by Gasteiger charge is 2.27. The molecule has 0 saturated heterocycles. The number of hydrazone groups is 1. The van der Waals surface area contributed by atoms with Crippen LogP contribution in [0.2, 0.25) is 10.0 Å². The summed E-state index contributed by atoms with van der Waals surface area (Å²) in [5, 5.41) is 4.70. The lowest BCUT2D eigenvalue weighted by Crippen LogP contribution is -2.39. The molecular weight excluding hydrogens is 457 g/mol. The van der Waals surface area contributed by atoms with E-state index >= 15 is 0 Å². The molecule has 1 N–H and O–H groups in total. The number of sulfonamides is 1. The lowest BCUT2D eigenvalue weighted by atomic mass is 10.2. The lowest BCUT2D eigenvalue weighted by Gasteiger charge is -2.24. The summed E-state index contributed by atoms with van der Waals surface area (Å²) in [4.78, 5) is 12.6. The normalized spacial score (nSPS) is 11.5. The van der Waals surface area contributed by atoms with E-state index in [-0.39, 0.29) is 10.6 Å². The van der Waals surface area contributed by atoms with Crippen molar-refractivity contribution in [3.63, 3.8) is 0 Å². The Kier molecular flexibility index (Phi) is 7.33. The van der Waals surface area contributed by atoms with Crippen LogP contribution in [-0.2, 0) is 14.8 Å². The molecule has 3 rings (SSSR count). The van der Waals surface area contributed by atoms with Gasteiger partial charge >= 0.3 is 0 Å². The first-order chi connectivity index (χ1) is 14.8. The largest absolute Gasteiger partial charge is 0.271 e. The van der Waals surface area contributed by atoms with E-state index in [4.69, 9.17) is 23.2 Å². The number of nitrogens with zero attached hydrogens (tertiary/aromatic N) is 2. The molecule has 160 valence electrons. The first-order valence-electron chi connectivity index (χ1n) is 9.19. The van der Waals surface area contributed by atoms with E-state index in [9.17, 15) is 13.2 Å². The van der Waals surface area contributed by atoms with E-state index in [1.165, 1.54) is 24.4 Å². The molecule has 0 aromatic heterocycles. The second-order valence-electron chi connectivity index (χ2n) is 6.62. The van der Waals surface area contributed by atoms with Crippen LogP contribution in [0.4, 0.5) is 5.69 Å². The summed E-state index contributed by atoms with van der Waals surface area (Å²) in [6, 6.07) is 19.6. The standard InChI is InChI=1S/C22H19Cl2N3O3S/c1-16-9-11-20(12-10-16)31(29,30)27(19-7-4-6-18(23)13-19)15-22(28)26-25-14-17-5-2-3-8-21(17)24/h2-14H,15H2,1H3,(H,26,28)/b25-14-. The highest BCUT2D eigenvalue weighted by Crippen LogP contribution is 2.26. The van der Waals surface area contributed by atoms with E-state index in [2.05, 4.69) is 10.5 Å². The highest BCUT2D eigenvalue weighted by molar-refractivity contribution is 7.92. The molecule has 0 spiro atoms. The molecule has 3 aromatic carbocycles. The summed E-state index contributed by atoms with van der Waals surface area (Å²) >= 11 is 12.1. The van der Waals surface area contributed by atoms with Gasteiger partial charge < -0.3 is 0 Å². The summed E-state index contributed by atoms with van der Waals surface area (Å²) < 4.78 is 27.5. The number of rotatable bonds is 7. The number of halogens is 2. The maximum atomic E-state index is 13.3. The molecule has 6 nitrogen and oxygen atoms in total. The molecule has 0 aliphatic rings. The molecule has 0 aliphatic heterocycles. The predicted molar refractivity (Wildman–Crippen MR) is 124 cm³/mol. The second-order valence-corrected chi connectivity index (χ2v) is 9.33. The van der Waals surface area contributed by atoms with E-state index in [1.54, 1.807) is 54.6 Å².